The molecular weight excluding hydrogens is 503 g/mol. The molecule has 0 aliphatic heterocycles. The zero-order valence-electron chi connectivity index (χ0n) is 21.3. The van der Waals surface area contributed by atoms with Gasteiger partial charge in [0.05, 0.1) is 12.2 Å². The number of ether oxygens (including phenoxy) is 2. The standard InChI is InChI=1S/C25H29FN4O6S/c1-6-7-12-35-21-19(23(32)33)30(29(5)24(34)36-25(2,3)4)14-17(20(21)31)22-28-27-18(37-22)13-15-8-10-16(26)11-9-15/h8-11,14H,6-7,12-13H2,1-5H3,(H,32,33). The summed E-state index contributed by atoms with van der Waals surface area (Å²) in [7, 11) is 1.32. The molecule has 0 radical (unpaired) electrons. The molecule has 3 aromatic rings. The largest absolute Gasteiger partial charge is 0.487 e. The second kappa shape index (κ2) is 11.5. The molecule has 1 aromatic carbocycles. The first-order valence-electron chi connectivity index (χ1n) is 11.6. The molecule has 1 amide bonds. The Labute approximate surface area is 217 Å². The van der Waals surface area contributed by atoms with Gasteiger partial charge in [0.1, 0.15) is 16.4 Å². The summed E-state index contributed by atoms with van der Waals surface area (Å²) in [6, 6.07) is 5.93. The summed E-state index contributed by atoms with van der Waals surface area (Å²) in [6.07, 6.45) is 2.09. The Morgan fingerprint density at radius 2 is 1.86 bits per heavy atom. The molecule has 3 rings (SSSR count). The van der Waals surface area contributed by atoms with E-state index in [4.69, 9.17) is 9.47 Å². The minimum atomic E-state index is -1.46. The molecule has 1 N–H and O–H groups in total. The number of nitrogens with zero attached hydrogens (tertiary/aromatic N) is 4. The lowest BCUT2D eigenvalue weighted by Crippen LogP contribution is -2.43. The van der Waals surface area contributed by atoms with Gasteiger partial charge in [0.15, 0.2) is 10.7 Å². The Hall–Kier alpha value is -3.80. The highest BCUT2D eigenvalue weighted by Crippen LogP contribution is 2.27. The number of unbranched alkanes of at least 4 members (excludes halogenated alkanes) is 1. The summed E-state index contributed by atoms with van der Waals surface area (Å²) in [4.78, 5) is 38.5. The quantitative estimate of drug-likeness (QED) is 0.400. The molecule has 0 atom stereocenters. The molecule has 0 spiro atoms. The Morgan fingerprint density at radius 1 is 1.19 bits per heavy atom. The third kappa shape index (κ3) is 6.91. The van der Waals surface area contributed by atoms with Crippen LogP contribution in [-0.4, -0.2) is 51.3 Å². The van der Waals surface area contributed by atoms with Crippen LogP contribution in [0.1, 0.15) is 61.6 Å². The molecular formula is C25H29FN4O6S. The minimum Gasteiger partial charge on any atom is -0.487 e. The smallest absolute Gasteiger partial charge is 0.429 e. The van der Waals surface area contributed by atoms with Gasteiger partial charge in [0.25, 0.3) is 0 Å². The Bertz CT molecular complexity index is 1330. The van der Waals surface area contributed by atoms with Crippen molar-refractivity contribution in [1.82, 2.24) is 14.9 Å². The van der Waals surface area contributed by atoms with E-state index in [0.717, 1.165) is 33.0 Å². The van der Waals surface area contributed by atoms with Crippen molar-refractivity contribution in [1.29, 1.82) is 0 Å². The molecule has 0 saturated carbocycles. The van der Waals surface area contributed by atoms with Crippen LogP contribution in [0.3, 0.4) is 0 Å². The number of aromatic nitrogens is 3. The van der Waals surface area contributed by atoms with E-state index in [1.807, 2.05) is 6.92 Å². The lowest BCUT2D eigenvalue weighted by molar-refractivity contribution is 0.0544. The number of halogens is 1. The first-order chi connectivity index (χ1) is 17.4. The van der Waals surface area contributed by atoms with E-state index in [1.165, 1.54) is 25.4 Å². The third-order valence-corrected chi connectivity index (χ3v) is 6.00. The molecule has 0 unspecified atom stereocenters. The van der Waals surface area contributed by atoms with Crippen LogP contribution in [0.5, 0.6) is 5.75 Å². The Morgan fingerprint density at radius 3 is 2.46 bits per heavy atom. The van der Waals surface area contributed by atoms with Crippen molar-refractivity contribution in [3.8, 4) is 16.3 Å². The van der Waals surface area contributed by atoms with Crippen molar-refractivity contribution >= 4 is 23.4 Å². The molecule has 37 heavy (non-hydrogen) atoms. The van der Waals surface area contributed by atoms with Crippen LogP contribution in [-0.2, 0) is 11.2 Å². The van der Waals surface area contributed by atoms with Gasteiger partial charge in [-0.25, -0.2) is 23.7 Å². The summed E-state index contributed by atoms with van der Waals surface area (Å²) < 4.78 is 25.3. The fourth-order valence-electron chi connectivity index (χ4n) is 3.24. The van der Waals surface area contributed by atoms with E-state index < -0.39 is 34.5 Å². The number of carbonyl (C=O) groups excluding carboxylic acids is 1. The Balaban J connectivity index is 2.11. The first kappa shape index (κ1) is 27.8. The Kier molecular flexibility index (Phi) is 8.64. The maximum absolute atomic E-state index is 13.4. The molecule has 2 heterocycles. The van der Waals surface area contributed by atoms with Crippen LogP contribution < -0.4 is 15.2 Å². The number of amides is 1. The second-order valence-corrected chi connectivity index (χ2v) is 10.3. The van der Waals surface area contributed by atoms with Crippen LogP contribution in [0, 0.1) is 5.82 Å². The van der Waals surface area contributed by atoms with Crippen LogP contribution in [0.2, 0.25) is 0 Å². The molecule has 12 heteroatoms. The summed E-state index contributed by atoms with van der Waals surface area (Å²) in [5.41, 5.74) is -1.24. The normalized spacial score (nSPS) is 11.3. The van der Waals surface area contributed by atoms with Gasteiger partial charge in [-0.3, -0.25) is 4.79 Å². The lowest BCUT2D eigenvalue weighted by Gasteiger charge is -2.27. The fourth-order valence-corrected chi connectivity index (χ4v) is 4.12. The van der Waals surface area contributed by atoms with E-state index in [0.29, 0.717) is 17.8 Å². The molecule has 0 fully saturated rings. The number of carbonyl (C=O) groups is 2. The maximum atomic E-state index is 13.4. The fraction of sp³-hybridized carbons (Fsp3) is 0.400. The molecule has 0 aliphatic carbocycles. The van der Waals surface area contributed by atoms with Crippen LogP contribution in [0.4, 0.5) is 9.18 Å². The number of aromatic carboxylic acids is 1. The SMILES string of the molecule is CCCCOc1c(C(=O)O)n(N(C)C(=O)OC(C)(C)C)cc(-c2nnc(Cc3ccc(F)cc3)s2)c1=O. The van der Waals surface area contributed by atoms with Crippen molar-refractivity contribution in [2.45, 2.75) is 52.6 Å². The zero-order valence-corrected chi connectivity index (χ0v) is 22.1. The topological polar surface area (TPSA) is 124 Å². The molecule has 0 aliphatic rings. The van der Waals surface area contributed by atoms with Gasteiger partial charge >= 0.3 is 12.1 Å². The predicted octanol–water partition coefficient (Wildman–Crippen LogP) is 4.48. The molecule has 10 nitrogen and oxygen atoms in total. The number of carboxylic acid groups (broad SMARTS) is 1. The van der Waals surface area contributed by atoms with Gasteiger partial charge in [-0.05, 0) is 44.9 Å². The van der Waals surface area contributed by atoms with E-state index in [1.54, 1.807) is 32.9 Å². The maximum Gasteiger partial charge on any atom is 0.429 e. The van der Waals surface area contributed by atoms with Crippen LogP contribution >= 0.6 is 11.3 Å². The summed E-state index contributed by atoms with van der Waals surface area (Å²) >= 11 is 1.12. The number of benzene rings is 1. The highest BCUT2D eigenvalue weighted by molar-refractivity contribution is 7.14. The average Bonchev–Trinajstić information content (AvgIpc) is 3.27. The van der Waals surface area contributed by atoms with Gasteiger partial charge in [-0.2, -0.15) is 0 Å². The summed E-state index contributed by atoms with van der Waals surface area (Å²) in [5, 5.41) is 19.9. The summed E-state index contributed by atoms with van der Waals surface area (Å²) in [6.45, 7) is 7.07. The number of hydrogen-bond donors (Lipinski definition) is 1. The van der Waals surface area contributed by atoms with Crippen molar-refractivity contribution in [3.63, 3.8) is 0 Å². The van der Waals surface area contributed by atoms with E-state index in [2.05, 4.69) is 10.2 Å². The van der Waals surface area contributed by atoms with Crippen molar-refractivity contribution in [2.24, 2.45) is 0 Å². The third-order valence-electron chi connectivity index (χ3n) is 5.04. The monoisotopic (exact) mass is 532 g/mol. The lowest BCUT2D eigenvalue weighted by atomic mass is 10.2. The second-order valence-electron chi connectivity index (χ2n) is 9.21. The van der Waals surface area contributed by atoms with Gasteiger partial charge in [0.2, 0.25) is 11.2 Å². The molecule has 2 aromatic heterocycles. The first-order valence-corrected chi connectivity index (χ1v) is 12.4. The van der Waals surface area contributed by atoms with E-state index in [9.17, 15) is 23.9 Å². The van der Waals surface area contributed by atoms with Gasteiger partial charge in [-0.1, -0.05) is 36.8 Å². The van der Waals surface area contributed by atoms with Crippen molar-refractivity contribution in [3.05, 3.63) is 62.8 Å². The number of pyridine rings is 1. The van der Waals surface area contributed by atoms with Gasteiger partial charge < -0.3 is 14.6 Å². The highest BCUT2D eigenvalue weighted by atomic mass is 32.1. The predicted molar refractivity (Wildman–Crippen MR) is 137 cm³/mol. The number of rotatable bonds is 9. The summed E-state index contributed by atoms with van der Waals surface area (Å²) in [5.74, 6) is -2.23. The molecule has 0 saturated heterocycles. The highest BCUT2D eigenvalue weighted by Gasteiger charge is 2.30. The van der Waals surface area contributed by atoms with Crippen molar-refractivity contribution in [2.75, 3.05) is 18.7 Å². The number of hydrogen-bond acceptors (Lipinski definition) is 8. The van der Waals surface area contributed by atoms with Crippen LogP contribution in [0.15, 0.2) is 35.3 Å². The average molecular weight is 533 g/mol. The van der Waals surface area contributed by atoms with E-state index in [-0.39, 0.29) is 23.0 Å². The van der Waals surface area contributed by atoms with Crippen molar-refractivity contribution < 1.29 is 28.6 Å². The minimum absolute atomic E-state index is 0.00904. The molecule has 0 bridgehead atoms. The van der Waals surface area contributed by atoms with Gasteiger partial charge in [0, 0.05) is 19.7 Å². The molecule has 198 valence electrons. The van der Waals surface area contributed by atoms with Gasteiger partial charge in [-0.15, -0.1) is 10.2 Å². The zero-order chi connectivity index (χ0) is 27.3. The number of carboxylic acids is 1. The van der Waals surface area contributed by atoms with Crippen LogP contribution in [0.25, 0.3) is 10.6 Å². The van der Waals surface area contributed by atoms with E-state index >= 15 is 0 Å².